The second kappa shape index (κ2) is 20.9. The average molecular weight is 465 g/mol. The van der Waals surface area contributed by atoms with E-state index in [1.165, 1.54) is 40.1 Å². The molecule has 0 aliphatic heterocycles. The number of allylic oxidation sites excluding steroid dienone is 4. The number of nitriles is 2. The van der Waals surface area contributed by atoms with Crippen molar-refractivity contribution in [2.75, 3.05) is 0 Å². The van der Waals surface area contributed by atoms with Gasteiger partial charge in [0.15, 0.2) is 11.6 Å². The van der Waals surface area contributed by atoms with Gasteiger partial charge in [-0.25, -0.2) is 0 Å². The zero-order valence-corrected chi connectivity index (χ0v) is 18.5. The molecule has 0 saturated heterocycles. The maximum atomic E-state index is 9.98. The Morgan fingerprint density at radius 1 is 0.806 bits per heavy atom. The Labute approximate surface area is 192 Å². The predicted molar refractivity (Wildman–Crippen MR) is 107 cm³/mol. The van der Waals surface area contributed by atoms with Crippen LogP contribution in [0.4, 0.5) is 0 Å². The van der Waals surface area contributed by atoms with Crippen LogP contribution < -0.4 is 10.2 Å². The van der Waals surface area contributed by atoms with E-state index in [1.54, 1.807) is 36.7 Å². The molecule has 0 amide bonds. The van der Waals surface area contributed by atoms with Gasteiger partial charge in [-0.2, -0.15) is 10.5 Å². The molecular weight excluding hydrogens is 443 g/mol. The van der Waals surface area contributed by atoms with Crippen molar-refractivity contribution in [3.8, 4) is 12.1 Å². The fourth-order valence-electron chi connectivity index (χ4n) is 1.43. The first-order chi connectivity index (χ1) is 14.1. The van der Waals surface area contributed by atoms with Gasteiger partial charge in [0.25, 0.3) is 0 Å². The summed E-state index contributed by atoms with van der Waals surface area (Å²) in [5.41, 5.74) is 1.21. The van der Waals surface area contributed by atoms with Crippen LogP contribution in [0.5, 0.6) is 0 Å². The summed E-state index contributed by atoms with van der Waals surface area (Å²) in [5, 5.41) is 36.5. The summed E-state index contributed by atoms with van der Waals surface area (Å²) in [5.74, 6) is -0.750. The summed E-state index contributed by atoms with van der Waals surface area (Å²) in [6, 6.07) is 10.8. The second-order valence-corrected chi connectivity index (χ2v) is 5.44. The quantitative estimate of drug-likeness (QED) is 0.368. The Morgan fingerprint density at radius 2 is 1.13 bits per heavy atom. The Bertz CT molecular complexity index is 831. The van der Waals surface area contributed by atoms with E-state index in [2.05, 4.69) is 9.97 Å². The van der Waals surface area contributed by atoms with E-state index in [0.717, 1.165) is 12.2 Å². The van der Waals surface area contributed by atoms with E-state index in [0.29, 0.717) is 11.1 Å². The van der Waals surface area contributed by atoms with Crippen LogP contribution in [-0.2, 0) is 26.1 Å². The van der Waals surface area contributed by atoms with Gasteiger partial charge in [0.1, 0.15) is 12.1 Å². The molecule has 9 heteroatoms. The number of hydrogen-bond acceptors (Lipinski definition) is 8. The Hall–Kier alpha value is -3.81. The van der Waals surface area contributed by atoms with Crippen molar-refractivity contribution in [2.24, 2.45) is 0 Å². The van der Waals surface area contributed by atoms with E-state index in [-0.39, 0.29) is 39.6 Å². The summed E-state index contributed by atoms with van der Waals surface area (Å²) in [4.78, 5) is 27.4. The predicted octanol–water partition coefficient (Wildman–Crippen LogP) is 1.58. The SMILES string of the molecule is CC(=O)/C=C(/C)[O-].CC(=O)/C=C(/C)[O-].N#Cc1cccnc1.N#Cc1cccnc1.[Ni+2]. The molecule has 31 heavy (non-hydrogen) atoms. The van der Waals surface area contributed by atoms with Crippen molar-refractivity contribution in [1.82, 2.24) is 9.97 Å². The van der Waals surface area contributed by atoms with Crippen molar-refractivity contribution >= 4 is 11.6 Å². The van der Waals surface area contributed by atoms with Crippen LogP contribution in [0.15, 0.2) is 72.7 Å². The third-order valence-electron chi connectivity index (χ3n) is 2.39. The number of aromatic nitrogens is 2. The first kappa shape index (κ1) is 31.9. The summed E-state index contributed by atoms with van der Waals surface area (Å²) in [6.45, 7) is 5.39. The minimum atomic E-state index is -0.187. The number of rotatable bonds is 2. The largest absolute Gasteiger partial charge is 2.00 e. The van der Waals surface area contributed by atoms with Gasteiger partial charge in [-0.3, -0.25) is 19.6 Å². The molecule has 8 nitrogen and oxygen atoms in total. The van der Waals surface area contributed by atoms with Crippen LogP contribution in [0.1, 0.15) is 38.8 Å². The zero-order valence-electron chi connectivity index (χ0n) is 17.5. The molecule has 2 rings (SSSR count). The minimum absolute atomic E-state index is 0. The van der Waals surface area contributed by atoms with Gasteiger partial charge in [-0.1, -0.05) is 13.8 Å². The number of ketones is 2. The Balaban J connectivity index is -0.000000335. The van der Waals surface area contributed by atoms with Crippen LogP contribution in [0, 0.1) is 22.7 Å². The van der Waals surface area contributed by atoms with E-state index < -0.39 is 0 Å². The van der Waals surface area contributed by atoms with Gasteiger partial charge >= 0.3 is 16.5 Å². The average Bonchev–Trinajstić information content (AvgIpc) is 2.68. The standard InChI is InChI=1S/2C6H4N2.2C5H8O2.Ni/c2*7-4-6-2-1-3-8-5-6;2*1-4(6)3-5(2)7;/h2*1-3,5H;2*3,6H,1-2H3;/q;;;;+2/p-2/b;;2*4-3-;. The molecule has 0 N–H and O–H groups in total. The Morgan fingerprint density at radius 3 is 1.23 bits per heavy atom. The topological polar surface area (TPSA) is 154 Å². The molecule has 0 spiro atoms. The van der Waals surface area contributed by atoms with Crippen LogP contribution in [-0.4, -0.2) is 21.5 Å². The molecule has 0 bridgehead atoms. The zero-order chi connectivity index (χ0) is 23.4. The number of carbonyl (C=O) groups excluding carboxylic acids is 2. The van der Waals surface area contributed by atoms with Gasteiger partial charge < -0.3 is 10.2 Å². The van der Waals surface area contributed by atoms with Crippen molar-refractivity contribution in [1.29, 1.82) is 10.5 Å². The normalized spacial score (nSPS) is 9.23. The van der Waals surface area contributed by atoms with Crippen LogP contribution in [0.25, 0.3) is 0 Å². The first-order valence-electron chi connectivity index (χ1n) is 8.44. The smallest absolute Gasteiger partial charge is 0.876 e. The molecule has 2 aromatic rings. The Kier molecular flexibility index (Phi) is 21.5. The second-order valence-electron chi connectivity index (χ2n) is 5.44. The molecule has 0 fully saturated rings. The molecule has 2 heterocycles. The van der Waals surface area contributed by atoms with Gasteiger partial charge in [0.2, 0.25) is 0 Å². The van der Waals surface area contributed by atoms with Crippen molar-refractivity contribution in [3.05, 3.63) is 83.9 Å². The van der Waals surface area contributed by atoms with Gasteiger partial charge in [-0.15, -0.1) is 11.5 Å². The molecule has 2 aromatic heterocycles. The summed E-state index contributed by atoms with van der Waals surface area (Å²) >= 11 is 0. The van der Waals surface area contributed by atoms with Crippen molar-refractivity contribution < 1.29 is 36.3 Å². The summed E-state index contributed by atoms with van der Waals surface area (Å²) < 4.78 is 0. The number of carbonyl (C=O) groups is 2. The first-order valence-corrected chi connectivity index (χ1v) is 8.44. The molecule has 0 aliphatic carbocycles. The van der Waals surface area contributed by atoms with Gasteiger partial charge in [-0.05, 0) is 50.3 Å². The number of nitrogens with zero attached hydrogens (tertiary/aromatic N) is 4. The fourth-order valence-corrected chi connectivity index (χ4v) is 1.43. The van der Waals surface area contributed by atoms with Gasteiger partial charge in [0.05, 0.1) is 11.1 Å². The molecule has 0 atom stereocenters. The van der Waals surface area contributed by atoms with E-state index >= 15 is 0 Å². The number of pyridine rings is 2. The monoisotopic (exact) mass is 464 g/mol. The molecular formula is C22H22N4NiO4. The molecule has 164 valence electrons. The molecule has 0 radical (unpaired) electrons. The van der Waals surface area contributed by atoms with Gasteiger partial charge in [0, 0.05) is 24.8 Å². The molecule has 0 saturated carbocycles. The third-order valence-corrected chi connectivity index (χ3v) is 2.39. The van der Waals surface area contributed by atoms with Crippen LogP contribution in [0.2, 0.25) is 0 Å². The van der Waals surface area contributed by atoms with E-state index in [1.807, 2.05) is 12.1 Å². The molecule has 0 aromatic carbocycles. The third kappa shape index (κ3) is 26.2. The van der Waals surface area contributed by atoms with Crippen molar-refractivity contribution in [3.63, 3.8) is 0 Å². The molecule has 0 aliphatic rings. The van der Waals surface area contributed by atoms with Crippen LogP contribution in [0.3, 0.4) is 0 Å². The minimum Gasteiger partial charge on any atom is -0.876 e. The van der Waals surface area contributed by atoms with Crippen molar-refractivity contribution in [2.45, 2.75) is 27.7 Å². The summed E-state index contributed by atoms with van der Waals surface area (Å²) in [6.07, 6.45) is 8.45. The molecule has 0 unspecified atom stereocenters. The van der Waals surface area contributed by atoms with E-state index in [4.69, 9.17) is 10.5 Å². The maximum absolute atomic E-state index is 9.98. The fraction of sp³-hybridized carbons (Fsp3) is 0.182. The summed E-state index contributed by atoms with van der Waals surface area (Å²) in [7, 11) is 0. The number of hydrogen-bond donors (Lipinski definition) is 0. The maximum Gasteiger partial charge on any atom is 2.00 e. The van der Waals surface area contributed by atoms with E-state index in [9.17, 15) is 19.8 Å². The van der Waals surface area contributed by atoms with Crippen LogP contribution >= 0.6 is 0 Å².